The van der Waals surface area contributed by atoms with Gasteiger partial charge in [-0.15, -0.1) is 0 Å². The molecule has 0 fully saturated rings. The summed E-state index contributed by atoms with van der Waals surface area (Å²) >= 11 is 0. The van der Waals surface area contributed by atoms with Gasteiger partial charge in [-0.2, -0.15) is 15.0 Å². The standard InChI is InChI=1S/C11H22N6O/c1-5-6-11(2,18)7-13-9-14-8(12)15-10(16-9)17(3)4/h18H,5-7H2,1-4H3,(H3,12,13,14,15,16). The number of nitrogens with zero attached hydrogens (tertiary/aromatic N) is 4. The van der Waals surface area contributed by atoms with Gasteiger partial charge in [-0.25, -0.2) is 0 Å². The van der Waals surface area contributed by atoms with Crippen LogP contribution in [-0.4, -0.2) is 46.3 Å². The van der Waals surface area contributed by atoms with Crippen molar-refractivity contribution in [3.63, 3.8) is 0 Å². The molecule has 4 N–H and O–H groups in total. The Labute approximate surface area is 107 Å². The first-order valence-electron chi connectivity index (χ1n) is 5.99. The average molecular weight is 254 g/mol. The lowest BCUT2D eigenvalue weighted by atomic mass is 10.0. The van der Waals surface area contributed by atoms with Crippen LogP contribution >= 0.6 is 0 Å². The van der Waals surface area contributed by atoms with Crippen LogP contribution in [0, 0.1) is 0 Å². The van der Waals surface area contributed by atoms with Crippen LogP contribution in [0.1, 0.15) is 26.7 Å². The van der Waals surface area contributed by atoms with E-state index in [4.69, 9.17) is 5.73 Å². The summed E-state index contributed by atoms with van der Waals surface area (Å²) in [5.74, 6) is 1.02. The molecule has 1 atom stereocenters. The highest BCUT2D eigenvalue weighted by Gasteiger charge is 2.19. The molecule has 102 valence electrons. The van der Waals surface area contributed by atoms with Gasteiger partial charge in [0.05, 0.1) is 5.60 Å². The van der Waals surface area contributed by atoms with Crippen molar-refractivity contribution in [2.75, 3.05) is 36.6 Å². The molecule has 0 aliphatic carbocycles. The van der Waals surface area contributed by atoms with Gasteiger partial charge in [0.1, 0.15) is 0 Å². The Morgan fingerprint density at radius 2 is 2.00 bits per heavy atom. The molecule has 0 aromatic carbocycles. The lowest BCUT2D eigenvalue weighted by Crippen LogP contribution is -2.33. The predicted octanol–water partition coefficient (Wildman–Crippen LogP) is 0.483. The van der Waals surface area contributed by atoms with E-state index >= 15 is 0 Å². The van der Waals surface area contributed by atoms with Crippen LogP contribution in [-0.2, 0) is 0 Å². The molecule has 1 heterocycles. The van der Waals surface area contributed by atoms with E-state index in [1.54, 1.807) is 11.8 Å². The molecule has 0 bridgehead atoms. The SMILES string of the molecule is CCCC(C)(O)CNc1nc(N)nc(N(C)C)n1. The van der Waals surface area contributed by atoms with E-state index in [-0.39, 0.29) is 5.95 Å². The van der Waals surface area contributed by atoms with Gasteiger partial charge in [0.25, 0.3) is 0 Å². The van der Waals surface area contributed by atoms with Crippen molar-refractivity contribution in [1.82, 2.24) is 15.0 Å². The molecule has 7 nitrogen and oxygen atoms in total. The van der Waals surface area contributed by atoms with Crippen molar-refractivity contribution in [2.45, 2.75) is 32.3 Å². The number of aliphatic hydroxyl groups is 1. The van der Waals surface area contributed by atoms with Gasteiger partial charge in [0.2, 0.25) is 17.8 Å². The molecule has 0 saturated heterocycles. The van der Waals surface area contributed by atoms with Crippen LogP contribution in [0.15, 0.2) is 0 Å². The van der Waals surface area contributed by atoms with Crippen LogP contribution in [0.5, 0.6) is 0 Å². The third-order valence-electron chi connectivity index (χ3n) is 2.46. The van der Waals surface area contributed by atoms with Gasteiger partial charge in [-0.3, -0.25) is 0 Å². The summed E-state index contributed by atoms with van der Waals surface area (Å²) in [4.78, 5) is 13.9. The summed E-state index contributed by atoms with van der Waals surface area (Å²) in [6.07, 6.45) is 1.62. The normalized spacial score (nSPS) is 14.1. The molecule has 0 radical (unpaired) electrons. The van der Waals surface area contributed by atoms with Gasteiger partial charge in [0, 0.05) is 20.6 Å². The Kier molecular flexibility index (Phi) is 4.66. The van der Waals surface area contributed by atoms with Crippen LogP contribution < -0.4 is 16.0 Å². The minimum Gasteiger partial charge on any atom is -0.388 e. The molecule has 7 heteroatoms. The number of aromatic nitrogens is 3. The molecular weight excluding hydrogens is 232 g/mol. The maximum atomic E-state index is 10.0. The molecule has 1 aromatic rings. The van der Waals surface area contributed by atoms with Crippen molar-refractivity contribution in [2.24, 2.45) is 0 Å². The van der Waals surface area contributed by atoms with Gasteiger partial charge < -0.3 is 21.1 Å². The van der Waals surface area contributed by atoms with E-state index in [0.717, 1.165) is 6.42 Å². The molecule has 18 heavy (non-hydrogen) atoms. The Morgan fingerprint density at radius 3 is 2.56 bits per heavy atom. The lowest BCUT2D eigenvalue weighted by Gasteiger charge is -2.23. The van der Waals surface area contributed by atoms with Gasteiger partial charge in [-0.1, -0.05) is 13.3 Å². The zero-order valence-electron chi connectivity index (χ0n) is 11.4. The van der Waals surface area contributed by atoms with Crippen molar-refractivity contribution in [3.05, 3.63) is 0 Å². The average Bonchev–Trinajstić information content (AvgIpc) is 2.26. The smallest absolute Gasteiger partial charge is 0.231 e. The van der Waals surface area contributed by atoms with Crippen LogP contribution in [0.2, 0.25) is 0 Å². The van der Waals surface area contributed by atoms with Crippen molar-refractivity contribution in [1.29, 1.82) is 0 Å². The highest BCUT2D eigenvalue weighted by atomic mass is 16.3. The zero-order chi connectivity index (χ0) is 13.8. The molecular formula is C11H22N6O. The van der Waals surface area contributed by atoms with Crippen LogP contribution in [0.4, 0.5) is 17.8 Å². The second-order valence-electron chi connectivity index (χ2n) is 4.81. The second-order valence-corrected chi connectivity index (χ2v) is 4.81. The molecule has 1 rings (SSSR count). The van der Waals surface area contributed by atoms with Crippen molar-refractivity contribution in [3.8, 4) is 0 Å². The molecule has 1 aromatic heterocycles. The summed E-state index contributed by atoms with van der Waals surface area (Å²) in [6, 6.07) is 0. The Hall–Kier alpha value is -1.63. The van der Waals surface area contributed by atoms with E-state index in [2.05, 4.69) is 20.3 Å². The first-order chi connectivity index (χ1) is 8.34. The zero-order valence-corrected chi connectivity index (χ0v) is 11.4. The Balaban J connectivity index is 2.73. The minimum atomic E-state index is -0.783. The summed E-state index contributed by atoms with van der Waals surface area (Å²) in [5.41, 5.74) is 4.82. The maximum Gasteiger partial charge on any atom is 0.231 e. The first kappa shape index (κ1) is 14.4. The number of hydrogen-bond donors (Lipinski definition) is 3. The van der Waals surface area contributed by atoms with Crippen LogP contribution in [0.3, 0.4) is 0 Å². The number of anilines is 3. The Morgan fingerprint density at radius 1 is 1.33 bits per heavy atom. The number of hydrogen-bond acceptors (Lipinski definition) is 7. The third-order valence-corrected chi connectivity index (χ3v) is 2.46. The van der Waals surface area contributed by atoms with Crippen molar-refractivity contribution >= 4 is 17.8 Å². The summed E-state index contributed by atoms with van der Waals surface area (Å²) in [6.45, 7) is 4.18. The third kappa shape index (κ3) is 4.33. The molecule has 0 spiro atoms. The summed E-state index contributed by atoms with van der Waals surface area (Å²) in [5, 5.41) is 13.0. The van der Waals surface area contributed by atoms with E-state index < -0.39 is 5.60 Å². The number of nitrogens with one attached hydrogen (secondary N) is 1. The molecule has 0 amide bonds. The van der Waals surface area contributed by atoms with Gasteiger partial charge in [-0.05, 0) is 13.3 Å². The quantitative estimate of drug-likeness (QED) is 0.679. The fraction of sp³-hybridized carbons (Fsp3) is 0.727. The monoisotopic (exact) mass is 254 g/mol. The number of rotatable bonds is 6. The lowest BCUT2D eigenvalue weighted by molar-refractivity contribution is 0.0635. The molecule has 0 aliphatic rings. The maximum absolute atomic E-state index is 10.0. The second kappa shape index (κ2) is 5.81. The fourth-order valence-electron chi connectivity index (χ4n) is 1.56. The highest BCUT2D eigenvalue weighted by Crippen LogP contribution is 2.14. The van der Waals surface area contributed by atoms with E-state index in [1.165, 1.54) is 0 Å². The molecule has 1 unspecified atom stereocenters. The highest BCUT2D eigenvalue weighted by molar-refractivity contribution is 5.40. The minimum absolute atomic E-state index is 0.159. The van der Waals surface area contributed by atoms with E-state index in [1.807, 2.05) is 21.0 Å². The predicted molar refractivity (Wildman–Crippen MR) is 72.6 cm³/mol. The number of nitrogen functional groups attached to an aromatic ring is 1. The Bertz CT molecular complexity index is 393. The van der Waals surface area contributed by atoms with Gasteiger partial charge >= 0.3 is 0 Å². The van der Waals surface area contributed by atoms with E-state index in [9.17, 15) is 5.11 Å². The largest absolute Gasteiger partial charge is 0.388 e. The fourth-order valence-corrected chi connectivity index (χ4v) is 1.56. The van der Waals surface area contributed by atoms with Crippen LogP contribution in [0.25, 0.3) is 0 Å². The number of nitrogens with two attached hydrogens (primary N) is 1. The van der Waals surface area contributed by atoms with Gasteiger partial charge in [0.15, 0.2) is 0 Å². The van der Waals surface area contributed by atoms with E-state index in [0.29, 0.717) is 24.9 Å². The summed E-state index contributed by atoms with van der Waals surface area (Å²) in [7, 11) is 3.65. The summed E-state index contributed by atoms with van der Waals surface area (Å²) < 4.78 is 0. The first-order valence-corrected chi connectivity index (χ1v) is 5.99. The van der Waals surface area contributed by atoms with Crippen molar-refractivity contribution < 1.29 is 5.11 Å². The molecule has 0 aliphatic heterocycles. The topological polar surface area (TPSA) is 100 Å². The molecule has 0 saturated carbocycles.